The monoisotopic (exact) mass is 461 g/mol. The average Bonchev–Trinajstić information content (AvgIpc) is 3.53. The van der Waals surface area contributed by atoms with Crippen molar-refractivity contribution in [2.45, 2.75) is 13.1 Å². The van der Waals surface area contributed by atoms with Gasteiger partial charge in [-0.3, -0.25) is 9.59 Å². The Morgan fingerprint density at radius 3 is 2.26 bits per heavy atom. The molecule has 0 fully saturated rings. The fourth-order valence-electron chi connectivity index (χ4n) is 3.64. The number of carbonyl (C=O) groups excluding carboxylic acids is 2. The van der Waals surface area contributed by atoms with Gasteiger partial charge in [-0.15, -0.1) is 0 Å². The van der Waals surface area contributed by atoms with E-state index in [1.54, 1.807) is 47.4 Å². The molecule has 0 aliphatic rings. The molecule has 0 radical (unpaired) electrons. The Labute approximate surface area is 196 Å². The van der Waals surface area contributed by atoms with Crippen LogP contribution in [0.5, 0.6) is 0 Å². The molecule has 4 aromatic rings. The largest absolute Gasteiger partial charge is 0.459 e. The van der Waals surface area contributed by atoms with Crippen molar-refractivity contribution in [3.05, 3.63) is 108 Å². The number of benzene rings is 2. The van der Waals surface area contributed by atoms with Gasteiger partial charge < -0.3 is 24.0 Å². The number of rotatable bonds is 8. The minimum atomic E-state index is -0.378. The smallest absolute Gasteiger partial charge is 0.291 e. The van der Waals surface area contributed by atoms with Gasteiger partial charge >= 0.3 is 0 Å². The topological polar surface area (TPSA) is 78.9 Å². The molecule has 1 N–H and O–H groups in total. The Morgan fingerprint density at radius 1 is 0.882 bits per heavy atom. The molecule has 0 unspecified atom stereocenters. The summed E-state index contributed by atoms with van der Waals surface area (Å²) in [4.78, 5) is 29.2. The molecule has 4 rings (SSSR count). The number of hydrogen-bond donors (Lipinski definition) is 1. The number of amides is 2. The van der Waals surface area contributed by atoms with E-state index < -0.39 is 0 Å². The molecule has 34 heavy (non-hydrogen) atoms. The molecule has 0 saturated heterocycles. The first-order valence-electron chi connectivity index (χ1n) is 10.6. The van der Waals surface area contributed by atoms with E-state index in [4.69, 9.17) is 8.83 Å². The number of nitrogens with zero attached hydrogens (tertiary/aromatic N) is 2. The number of furan rings is 2. The number of halogens is 1. The Balaban J connectivity index is 1.65. The Bertz CT molecular complexity index is 1270. The van der Waals surface area contributed by atoms with Crippen molar-refractivity contribution in [2.24, 2.45) is 0 Å². The maximum Gasteiger partial charge on any atom is 0.291 e. The maximum absolute atomic E-state index is 13.8. The van der Waals surface area contributed by atoms with Crippen LogP contribution in [-0.2, 0) is 13.1 Å². The molecule has 7 nitrogen and oxygen atoms in total. The predicted molar refractivity (Wildman–Crippen MR) is 126 cm³/mol. The Kier molecular flexibility index (Phi) is 6.77. The normalized spacial score (nSPS) is 10.7. The first-order valence-corrected chi connectivity index (χ1v) is 10.6. The van der Waals surface area contributed by atoms with Crippen LogP contribution in [0.1, 0.15) is 32.2 Å². The van der Waals surface area contributed by atoms with Gasteiger partial charge in [-0.25, -0.2) is 4.39 Å². The Morgan fingerprint density at radius 2 is 1.62 bits per heavy atom. The third-order valence-corrected chi connectivity index (χ3v) is 5.21. The molecule has 0 saturated carbocycles. The van der Waals surface area contributed by atoms with Gasteiger partial charge in [0.05, 0.1) is 12.5 Å². The van der Waals surface area contributed by atoms with Gasteiger partial charge in [0, 0.05) is 38.6 Å². The molecule has 8 heteroatoms. The van der Waals surface area contributed by atoms with E-state index in [0.717, 1.165) is 11.3 Å². The molecule has 2 amide bonds. The summed E-state index contributed by atoms with van der Waals surface area (Å²) >= 11 is 0. The molecule has 0 spiro atoms. The molecular formula is C26H24FN3O4. The van der Waals surface area contributed by atoms with Crippen molar-refractivity contribution < 1.29 is 22.8 Å². The van der Waals surface area contributed by atoms with E-state index in [1.807, 2.05) is 31.1 Å². The van der Waals surface area contributed by atoms with Gasteiger partial charge in [0.15, 0.2) is 11.5 Å². The molecule has 2 heterocycles. The van der Waals surface area contributed by atoms with E-state index in [2.05, 4.69) is 5.32 Å². The molecule has 174 valence electrons. The van der Waals surface area contributed by atoms with E-state index in [-0.39, 0.29) is 42.2 Å². The van der Waals surface area contributed by atoms with Crippen LogP contribution in [0.15, 0.2) is 88.1 Å². The quantitative estimate of drug-likeness (QED) is 0.392. The van der Waals surface area contributed by atoms with E-state index in [1.165, 1.54) is 24.7 Å². The fraction of sp³-hybridized carbons (Fsp3) is 0.154. The molecule has 0 aliphatic heterocycles. The van der Waals surface area contributed by atoms with Crippen LogP contribution in [0.25, 0.3) is 0 Å². The molecule has 2 aromatic heterocycles. The highest BCUT2D eigenvalue weighted by Gasteiger charge is 2.21. The van der Waals surface area contributed by atoms with Crippen LogP contribution >= 0.6 is 0 Å². The standard InChI is InChI=1S/C26H24FN3O4/c1-29(2)22-11-10-21(28-25(31)23-8-4-12-33-23)15-19(22)17-30(26(32)24-9-5-13-34-24)16-18-6-3-7-20(27)14-18/h3-15H,16-17H2,1-2H3,(H,28,31). The summed E-state index contributed by atoms with van der Waals surface area (Å²) in [6.07, 6.45) is 2.86. The van der Waals surface area contributed by atoms with Gasteiger partial charge in [-0.05, 0) is 65.7 Å². The third kappa shape index (κ3) is 5.35. The third-order valence-electron chi connectivity index (χ3n) is 5.21. The molecule has 2 aromatic carbocycles. The zero-order valence-corrected chi connectivity index (χ0v) is 18.8. The zero-order valence-electron chi connectivity index (χ0n) is 18.8. The van der Waals surface area contributed by atoms with Crippen LogP contribution in [0.2, 0.25) is 0 Å². The van der Waals surface area contributed by atoms with Gasteiger partial charge in [-0.2, -0.15) is 0 Å². The fourth-order valence-corrected chi connectivity index (χ4v) is 3.64. The second-order valence-electron chi connectivity index (χ2n) is 7.94. The first kappa shape index (κ1) is 22.8. The summed E-state index contributed by atoms with van der Waals surface area (Å²) in [5.74, 6) is -0.704. The van der Waals surface area contributed by atoms with Crippen molar-refractivity contribution in [1.82, 2.24) is 4.90 Å². The predicted octanol–water partition coefficient (Wildman–Crippen LogP) is 5.17. The summed E-state index contributed by atoms with van der Waals surface area (Å²) in [5, 5.41) is 2.82. The van der Waals surface area contributed by atoms with Crippen molar-refractivity contribution in [2.75, 3.05) is 24.3 Å². The number of carbonyl (C=O) groups is 2. The molecule has 0 atom stereocenters. The highest BCUT2D eigenvalue weighted by Crippen LogP contribution is 2.26. The molecule has 0 bridgehead atoms. The van der Waals surface area contributed by atoms with Crippen LogP contribution in [-0.4, -0.2) is 30.8 Å². The summed E-state index contributed by atoms with van der Waals surface area (Å²) in [6, 6.07) is 18.0. The second kappa shape index (κ2) is 10.1. The zero-order chi connectivity index (χ0) is 24.1. The van der Waals surface area contributed by atoms with E-state index in [0.29, 0.717) is 11.3 Å². The molecular weight excluding hydrogens is 437 g/mol. The minimum Gasteiger partial charge on any atom is -0.459 e. The summed E-state index contributed by atoms with van der Waals surface area (Å²) in [7, 11) is 3.79. The Hall–Kier alpha value is -4.33. The van der Waals surface area contributed by atoms with Gasteiger partial charge in [0.2, 0.25) is 0 Å². The van der Waals surface area contributed by atoms with Crippen molar-refractivity contribution in [3.63, 3.8) is 0 Å². The van der Waals surface area contributed by atoms with Crippen LogP contribution in [0.4, 0.5) is 15.8 Å². The minimum absolute atomic E-state index is 0.174. The van der Waals surface area contributed by atoms with Crippen molar-refractivity contribution in [1.29, 1.82) is 0 Å². The lowest BCUT2D eigenvalue weighted by Gasteiger charge is -2.26. The van der Waals surface area contributed by atoms with Gasteiger partial charge in [0.25, 0.3) is 11.8 Å². The van der Waals surface area contributed by atoms with Gasteiger partial charge in [-0.1, -0.05) is 12.1 Å². The average molecular weight is 461 g/mol. The highest BCUT2D eigenvalue weighted by atomic mass is 19.1. The molecule has 0 aliphatic carbocycles. The van der Waals surface area contributed by atoms with E-state index in [9.17, 15) is 14.0 Å². The van der Waals surface area contributed by atoms with Crippen molar-refractivity contribution in [3.8, 4) is 0 Å². The first-order chi connectivity index (χ1) is 16.4. The lowest BCUT2D eigenvalue weighted by Crippen LogP contribution is -2.30. The lowest BCUT2D eigenvalue weighted by atomic mass is 10.1. The summed E-state index contributed by atoms with van der Waals surface area (Å²) < 4.78 is 24.3. The SMILES string of the molecule is CN(C)c1ccc(NC(=O)c2ccco2)cc1CN(Cc1cccc(F)c1)C(=O)c1ccco1. The number of hydrogen-bond acceptors (Lipinski definition) is 5. The number of nitrogens with one attached hydrogen (secondary N) is 1. The summed E-state index contributed by atoms with van der Waals surface area (Å²) in [6.45, 7) is 0.376. The lowest BCUT2D eigenvalue weighted by molar-refractivity contribution is 0.0697. The summed E-state index contributed by atoms with van der Waals surface area (Å²) in [5.41, 5.74) is 2.86. The van der Waals surface area contributed by atoms with E-state index >= 15 is 0 Å². The van der Waals surface area contributed by atoms with Gasteiger partial charge in [0.1, 0.15) is 5.82 Å². The number of anilines is 2. The van der Waals surface area contributed by atoms with Crippen LogP contribution in [0.3, 0.4) is 0 Å². The second-order valence-corrected chi connectivity index (χ2v) is 7.94. The highest BCUT2D eigenvalue weighted by molar-refractivity contribution is 6.02. The maximum atomic E-state index is 13.8. The van der Waals surface area contributed by atoms with Crippen LogP contribution < -0.4 is 10.2 Å². The van der Waals surface area contributed by atoms with Crippen LogP contribution in [0, 0.1) is 5.82 Å². The van der Waals surface area contributed by atoms with Crippen molar-refractivity contribution >= 4 is 23.2 Å².